The lowest BCUT2D eigenvalue weighted by Crippen LogP contribution is -2.87. The zero-order valence-corrected chi connectivity index (χ0v) is 16.9. The summed E-state index contributed by atoms with van der Waals surface area (Å²) in [6, 6.07) is 15.7. The molecule has 6 heteroatoms. The van der Waals surface area contributed by atoms with Gasteiger partial charge in [0.25, 0.3) is 5.91 Å². The minimum absolute atomic E-state index is 0.0622. The molecule has 1 atom stereocenters. The second-order valence-electron chi connectivity index (χ2n) is 7.84. The number of benzene rings is 2. The molecule has 0 spiro atoms. The molecule has 0 aliphatic rings. The maximum absolute atomic E-state index is 13.0. The van der Waals surface area contributed by atoms with Crippen LogP contribution in [-0.4, -0.2) is 35.3 Å². The number of nitrogens with zero attached hydrogens (tertiary/aromatic N) is 1. The lowest BCUT2D eigenvalue weighted by Gasteiger charge is -2.34. The monoisotopic (exact) mass is 386 g/mol. The van der Waals surface area contributed by atoms with E-state index in [2.05, 4.69) is 5.32 Å². The van der Waals surface area contributed by atoms with E-state index in [0.29, 0.717) is 5.69 Å². The Morgan fingerprint density at radius 1 is 1.07 bits per heavy atom. The smallest absolute Gasteiger partial charge is 0.278 e. The number of hydrogen-bond donors (Lipinski definition) is 2. The highest BCUT2D eigenvalue weighted by atomic mass is 19.1. The van der Waals surface area contributed by atoms with Gasteiger partial charge in [-0.25, -0.2) is 4.39 Å². The van der Waals surface area contributed by atoms with Crippen molar-refractivity contribution in [3.8, 4) is 0 Å². The summed E-state index contributed by atoms with van der Waals surface area (Å²) in [5, 5.41) is 4.67. The number of hydrogen-bond acceptors (Lipinski definition) is 2. The molecule has 2 aromatic rings. The van der Waals surface area contributed by atoms with Gasteiger partial charge in [-0.3, -0.25) is 9.59 Å². The summed E-state index contributed by atoms with van der Waals surface area (Å²) < 4.78 is 13.0. The van der Waals surface area contributed by atoms with E-state index >= 15 is 0 Å². The first-order chi connectivity index (χ1) is 13.2. The van der Waals surface area contributed by atoms with E-state index in [1.54, 1.807) is 4.90 Å². The van der Waals surface area contributed by atoms with E-state index in [9.17, 15) is 14.0 Å². The summed E-state index contributed by atoms with van der Waals surface area (Å²) in [5.41, 5.74) is 1.14. The molecule has 0 saturated heterocycles. The maximum Gasteiger partial charge on any atom is 0.278 e. The molecule has 3 N–H and O–H groups in total. The topological polar surface area (TPSA) is 66.0 Å². The third-order valence-electron chi connectivity index (χ3n) is 4.51. The summed E-state index contributed by atoms with van der Waals surface area (Å²) in [5.74, 6) is -0.789. The van der Waals surface area contributed by atoms with Crippen molar-refractivity contribution in [3.05, 3.63) is 66.0 Å². The highest BCUT2D eigenvalue weighted by Crippen LogP contribution is 2.14. The van der Waals surface area contributed by atoms with E-state index in [1.165, 1.54) is 24.3 Å². The quantitative estimate of drug-likeness (QED) is 0.768. The summed E-state index contributed by atoms with van der Waals surface area (Å²) in [6.07, 6.45) is 0. The number of amides is 2. The first-order valence-corrected chi connectivity index (χ1v) is 9.41. The number of carbonyl (C=O) groups excluding carboxylic acids is 2. The maximum atomic E-state index is 13.0. The van der Waals surface area contributed by atoms with Crippen molar-refractivity contribution in [2.75, 3.05) is 18.4 Å². The summed E-state index contributed by atoms with van der Waals surface area (Å²) in [6.45, 7) is 7.93. The summed E-state index contributed by atoms with van der Waals surface area (Å²) in [4.78, 5) is 26.8. The van der Waals surface area contributed by atoms with Crippen LogP contribution < -0.4 is 10.6 Å². The van der Waals surface area contributed by atoms with Gasteiger partial charge in [0, 0.05) is 16.8 Å². The van der Waals surface area contributed by atoms with Gasteiger partial charge >= 0.3 is 0 Å². The van der Waals surface area contributed by atoms with Gasteiger partial charge in [0.1, 0.15) is 18.4 Å². The van der Waals surface area contributed by atoms with Crippen LogP contribution in [0.1, 0.15) is 39.3 Å². The highest BCUT2D eigenvalue weighted by molar-refractivity contribution is 5.94. The van der Waals surface area contributed by atoms with Crippen molar-refractivity contribution in [1.29, 1.82) is 0 Å². The zero-order chi connectivity index (χ0) is 20.7. The Hall–Kier alpha value is -2.73. The lowest BCUT2D eigenvalue weighted by molar-refractivity contribution is -0.683. The van der Waals surface area contributed by atoms with Crippen molar-refractivity contribution in [2.45, 2.75) is 39.3 Å². The summed E-state index contributed by atoms with van der Waals surface area (Å²) >= 11 is 0. The predicted octanol–water partition coefficient (Wildman–Crippen LogP) is 2.72. The Bertz CT molecular complexity index is 786. The van der Waals surface area contributed by atoms with Gasteiger partial charge < -0.3 is 15.5 Å². The number of nitrogens with one attached hydrogen (secondary N) is 1. The Morgan fingerprint density at radius 3 is 2.25 bits per heavy atom. The van der Waals surface area contributed by atoms with Crippen LogP contribution in [-0.2, 0) is 9.59 Å². The van der Waals surface area contributed by atoms with Crippen LogP contribution in [0.15, 0.2) is 54.6 Å². The first-order valence-electron chi connectivity index (χ1n) is 9.41. The van der Waals surface area contributed by atoms with Crippen LogP contribution in [0.4, 0.5) is 10.1 Å². The fourth-order valence-corrected chi connectivity index (χ4v) is 2.86. The number of nitrogens with two attached hydrogens (primary N) is 1. The Morgan fingerprint density at radius 2 is 1.68 bits per heavy atom. The summed E-state index contributed by atoms with van der Waals surface area (Å²) in [7, 11) is 0. The average Bonchev–Trinajstić information content (AvgIpc) is 2.65. The molecule has 28 heavy (non-hydrogen) atoms. The fourth-order valence-electron chi connectivity index (χ4n) is 2.86. The van der Waals surface area contributed by atoms with Crippen molar-refractivity contribution in [3.63, 3.8) is 0 Å². The molecule has 0 unspecified atom stereocenters. The molecule has 0 radical (unpaired) electrons. The van der Waals surface area contributed by atoms with Crippen LogP contribution >= 0.6 is 0 Å². The van der Waals surface area contributed by atoms with E-state index in [1.807, 2.05) is 63.3 Å². The second kappa shape index (κ2) is 9.46. The van der Waals surface area contributed by atoms with Gasteiger partial charge in [-0.05, 0) is 52.0 Å². The molecule has 150 valence electrons. The van der Waals surface area contributed by atoms with Crippen molar-refractivity contribution < 1.29 is 19.3 Å². The number of rotatable bonds is 7. The zero-order valence-electron chi connectivity index (χ0n) is 16.9. The van der Waals surface area contributed by atoms with Crippen molar-refractivity contribution in [1.82, 2.24) is 4.90 Å². The molecule has 2 aromatic carbocycles. The van der Waals surface area contributed by atoms with Crippen LogP contribution in [0.5, 0.6) is 0 Å². The van der Waals surface area contributed by atoms with Crippen LogP contribution in [0.25, 0.3) is 0 Å². The molecular formula is C22H29FN3O2+. The number of carbonyl (C=O) groups is 2. The molecule has 0 aliphatic heterocycles. The minimum Gasteiger partial charge on any atom is -0.333 e. The van der Waals surface area contributed by atoms with E-state index in [0.717, 1.165) is 5.56 Å². The van der Waals surface area contributed by atoms with Gasteiger partial charge in [-0.1, -0.05) is 30.3 Å². The Labute approximate surface area is 165 Å². The predicted molar refractivity (Wildman–Crippen MR) is 108 cm³/mol. The highest BCUT2D eigenvalue weighted by Gasteiger charge is 2.29. The Balaban J connectivity index is 1.97. The molecule has 0 heterocycles. The van der Waals surface area contributed by atoms with E-state index in [4.69, 9.17) is 0 Å². The molecule has 0 aliphatic carbocycles. The standard InChI is InChI=1S/C22H28FN3O2/c1-16(17-8-6-5-7-9-17)24-14-21(28)26(22(2,3)4)15-20(27)25-19-12-10-18(23)11-13-19/h5-13,16,24H,14-15H2,1-4H3,(H,25,27)/p+1/t16-/m1/s1. The van der Waals surface area contributed by atoms with Crippen LogP contribution in [0, 0.1) is 5.82 Å². The fraction of sp³-hybridized carbons (Fsp3) is 0.364. The molecular weight excluding hydrogens is 357 g/mol. The molecule has 0 bridgehead atoms. The third kappa shape index (κ3) is 6.46. The second-order valence-corrected chi connectivity index (χ2v) is 7.84. The van der Waals surface area contributed by atoms with Crippen LogP contribution in [0.3, 0.4) is 0 Å². The van der Waals surface area contributed by atoms with Crippen molar-refractivity contribution >= 4 is 17.5 Å². The first kappa shape index (κ1) is 21.6. The van der Waals surface area contributed by atoms with Gasteiger partial charge in [-0.15, -0.1) is 0 Å². The van der Waals surface area contributed by atoms with Gasteiger partial charge in [-0.2, -0.15) is 0 Å². The molecule has 5 nitrogen and oxygen atoms in total. The SMILES string of the molecule is C[C@@H]([NH2+]CC(=O)N(CC(=O)Nc1ccc(F)cc1)C(C)(C)C)c1ccccc1. The number of anilines is 1. The number of halogens is 1. The van der Waals surface area contributed by atoms with Crippen molar-refractivity contribution in [2.24, 2.45) is 0 Å². The molecule has 0 aromatic heterocycles. The van der Waals surface area contributed by atoms with E-state index in [-0.39, 0.29) is 36.8 Å². The lowest BCUT2D eigenvalue weighted by atomic mass is 10.1. The average molecular weight is 386 g/mol. The third-order valence-corrected chi connectivity index (χ3v) is 4.51. The minimum atomic E-state index is -0.499. The van der Waals surface area contributed by atoms with Gasteiger partial charge in [0.15, 0.2) is 6.54 Å². The molecule has 0 fully saturated rings. The van der Waals surface area contributed by atoms with E-state index < -0.39 is 5.54 Å². The normalized spacial score (nSPS) is 12.3. The van der Waals surface area contributed by atoms with Crippen LogP contribution in [0.2, 0.25) is 0 Å². The largest absolute Gasteiger partial charge is 0.333 e. The van der Waals surface area contributed by atoms with Gasteiger partial charge in [0.2, 0.25) is 5.91 Å². The van der Waals surface area contributed by atoms with Gasteiger partial charge in [0.05, 0.1) is 0 Å². The molecule has 2 rings (SSSR count). The molecule has 0 saturated carbocycles. The Kier molecular flexibility index (Phi) is 7.29. The number of quaternary nitrogens is 1. The molecule has 2 amide bonds.